The van der Waals surface area contributed by atoms with Crippen molar-refractivity contribution in [3.8, 4) is 0 Å². The molecule has 4 heteroatoms. The Morgan fingerprint density at radius 1 is 1.75 bits per heavy atom. The number of hydrogen-bond acceptors (Lipinski definition) is 2. The molecule has 0 bridgehead atoms. The number of halogens is 2. The largest absolute Gasteiger partial charge is 0.324 e. The quantitative estimate of drug-likeness (QED) is 0.724. The first kappa shape index (κ1) is 9.42. The third kappa shape index (κ3) is 1.93. The van der Waals surface area contributed by atoms with Crippen molar-refractivity contribution in [2.45, 2.75) is 19.4 Å². The second-order valence-electron chi connectivity index (χ2n) is 2.54. The molecule has 2 nitrogen and oxygen atoms in total. The first-order chi connectivity index (χ1) is 5.65. The predicted octanol–water partition coefficient (Wildman–Crippen LogP) is 2.28. The molecule has 12 heavy (non-hydrogen) atoms. The van der Waals surface area contributed by atoms with Crippen LogP contribution in [0.25, 0.3) is 0 Å². The first-order valence-electron chi connectivity index (χ1n) is 3.71. The lowest BCUT2D eigenvalue weighted by atomic mass is 10.1. The zero-order chi connectivity index (χ0) is 9.14. The van der Waals surface area contributed by atoms with Gasteiger partial charge in [-0.3, -0.25) is 0 Å². The van der Waals surface area contributed by atoms with Gasteiger partial charge in [0.05, 0.1) is 6.20 Å². The topological polar surface area (TPSA) is 38.9 Å². The fourth-order valence-corrected chi connectivity index (χ4v) is 1.10. The molecule has 0 spiro atoms. The van der Waals surface area contributed by atoms with Crippen LogP contribution in [0.1, 0.15) is 24.9 Å². The van der Waals surface area contributed by atoms with E-state index in [0.717, 1.165) is 6.20 Å². The highest BCUT2D eigenvalue weighted by Gasteiger charge is 2.10. The van der Waals surface area contributed by atoms with Gasteiger partial charge in [0.1, 0.15) is 11.0 Å². The Labute approximate surface area is 75.6 Å². The average molecular weight is 189 g/mol. The van der Waals surface area contributed by atoms with E-state index in [1.807, 2.05) is 6.92 Å². The lowest BCUT2D eigenvalue weighted by molar-refractivity contribution is 0.570. The predicted molar refractivity (Wildman–Crippen MR) is 46.4 cm³/mol. The summed E-state index contributed by atoms with van der Waals surface area (Å²) in [7, 11) is 0. The number of rotatable bonds is 2. The van der Waals surface area contributed by atoms with Crippen molar-refractivity contribution < 1.29 is 4.39 Å². The molecule has 0 aromatic carbocycles. The highest BCUT2D eigenvalue weighted by molar-refractivity contribution is 6.29. The van der Waals surface area contributed by atoms with Gasteiger partial charge in [0, 0.05) is 11.6 Å². The lowest BCUT2D eigenvalue weighted by Gasteiger charge is -2.09. The summed E-state index contributed by atoms with van der Waals surface area (Å²) in [6.45, 7) is 1.89. The van der Waals surface area contributed by atoms with E-state index in [-0.39, 0.29) is 11.2 Å². The molecule has 0 amide bonds. The van der Waals surface area contributed by atoms with Crippen molar-refractivity contribution in [2.24, 2.45) is 5.73 Å². The van der Waals surface area contributed by atoms with Gasteiger partial charge in [-0.1, -0.05) is 18.5 Å². The zero-order valence-corrected chi connectivity index (χ0v) is 7.48. The molecule has 2 N–H and O–H groups in total. The molecule has 0 saturated heterocycles. The molecule has 0 radical (unpaired) electrons. The van der Waals surface area contributed by atoms with E-state index in [4.69, 9.17) is 17.3 Å². The van der Waals surface area contributed by atoms with E-state index in [1.54, 1.807) is 0 Å². The first-order valence-corrected chi connectivity index (χ1v) is 4.09. The number of nitrogens with zero attached hydrogens (tertiary/aromatic N) is 1. The van der Waals surface area contributed by atoms with Gasteiger partial charge in [0.15, 0.2) is 0 Å². The number of hydrogen-bond donors (Lipinski definition) is 1. The Balaban J connectivity index is 3.04. The smallest absolute Gasteiger partial charge is 0.146 e. The molecule has 0 aliphatic heterocycles. The van der Waals surface area contributed by atoms with Gasteiger partial charge >= 0.3 is 0 Å². The third-order valence-corrected chi connectivity index (χ3v) is 1.90. The molecule has 0 saturated carbocycles. The minimum atomic E-state index is -0.395. The standard InChI is InChI=1S/C8H10ClFN2/c1-2-7(11)5-3-8(9)12-4-6(5)10/h3-4,7H,2,11H2,1H3/t7-/m1/s1. The number of pyridine rings is 1. The molecule has 66 valence electrons. The summed E-state index contributed by atoms with van der Waals surface area (Å²) in [4.78, 5) is 3.59. The van der Waals surface area contributed by atoms with Crippen molar-refractivity contribution in [3.05, 3.63) is 28.8 Å². The number of nitrogens with two attached hydrogens (primary N) is 1. The van der Waals surface area contributed by atoms with Crippen LogP contribution in [0.15, 0.2) is 12.3 Å². The Kier molecular flexibility index (Phi) is 3.00. The normalized spacial score (nSPS) is 13.0. The minimum Gasteiger partial charge on any atom is -0.324 e. The summed E-state index contributed by atoms with van der Waals surface area (Å²) in [6.07, 6.45) is 1.77. The van der Waals surface area contributed by atoms with Crippen LogP contribution in [-0.2, 0) is 0 Å². The van der Waals surface area contributed by atoms with Crippen LogP contribution in [0.2, 0.25) is 5.15 Å². The molecular formula is C8H10ClFN2. The van der Waals surface area contributed by atoms with E-state index in [0.29, 0.717) is 12.0 Å². The summed E-state index contributed by atoms with van der Waals surface area (Å²) in [5.41, 5.74) is 6.07. The SMILES string of the molecule is CC[C@@H](N)c1cc(Cl)ncc1F. The maximum atomic E-state index is 13.0. The maximum absolute atomic E-state index is 13.0. The Bertz CT molecular complexity index is 278. The van der Waals surface area contributed by atoms with Crippen LogP contribution in [0.5, 0.6) is 0 Å². The van der Waals surface area contributed by atoms with Crippen LogP contribution in [0, 0.1) is 5.82 Å². The van der Waals surface area contributed by atoms with Gasteiger partial charge in [0.2, 0.25) is 0 Å². The van der Waals surface area contributed by atoms with Gasteiger partial charge in [-0.05, 0) is 12.5 Å². The highest BCUT2D eigenvalue weighted by Crippen LogP contribution is 2.19. The third-order valence-electron chi connectivity index (χ3n) is 1.69. The van der Waals surface area contributed by atoms with E-state index in [9.17, 15) is 4.39 Å². The van der Waals surface area contributed by atoms with Gasteiger partial charge in [-0.25, -0.2) is 9.37 Å². The second-order valence-corrected chi connectivity index (χ2v) is 2.93. The van der Waals surface area contributed by atoms with Crippen molar-refractivity contribution in [1.29, 1.82) is 0 Å². The summed E-state index contributed by atoms with van der Waals surface area (Å²) < 4.78 is 13.0. The van der Waals surface area contributed by atoms with E-state index in [2.05, 4.69) is 4.98 Å². The maximum Gasteiger partial charge on any atom is 0.146 e. The molecule has 0 fully saturated rings. The van der Waals surface area contributed by atoms with E-state index in [1.165, 1.54) is 6.07 Å². The molecule has 1 heterocycles. The van der Waals surface area contributed by atoms with E-state index >= 15 is 0 Å². The van der Waals surface area contributed by atoms with Crippen LogP contribution < -0.4 is 5.73 Å². The monoisotopic (exact) mass is 188 g/mol. The lowest BCUT2D eigenvalue weighted by Crippen LogP contribution is -2.10. The van der Waals surface area contributed by atoms with Crippen molar-refractivity contribution in [1.82, 2.24) is 4.98 Å². The van der Waals surface area contributed by atoms with Crippen molar-refractivity contribution >= 4 is 11.6 Å². The molecule has 0 unspecified atom stereocenters. The minimum absolute atomic E-state index is 0.273. The fourth-order valence-electron chi connectivity index (χ4n) is 0.931. The van der Waals surface area contributed by atoms with Crippen LogP contribution in [0.3, 0.4) is 0 Å². The molecular weight excluding hydrogens is 179 g/mol. The van der Waals surface area contributed by atoms with Crippen LogP contribution in [0.4, 0.5) is 4.39 Å². The molecule has 0 aliphatic rings. The van der Waals surface area contributed by atoms with Crippen LogP contribution in [-0.4, -0.2) is 4.98 Å². The Morgan fingerprint density at radius 3 is 3.00 bits per heavy atom. The zero-order valence-electron chi connectivity index (χ0n) is 6.72. The molecule has 1 rings (SSSR count). The summed E-state index contributed by atoms with van der Waals surface area (Å²) in [6, 6.07) is 1.16. The second kappa shape index (κ2) is 3.83. The van der Waals surface area contributed by atoms with Gasteiger partial charge in [0.25, 0.3) is 0 Å². The highest BCUT2D eigenvalue weighted by atomic mass is 35.5. The Morgan fingerprint density at radius 2 is 2.42 bits per heavy atom. The van der Waals surface area contributed by atoms with Gasteiger partial charge in [-0.15, -0.1) is 0 Å². The molecule has 1 aromatic heterocycles. The summed E-state index contributed by atoms with van der Waals surface area (Å²) in [5.74, 6) is -0.395. The Hall–Kier alpha value is -0.670. The van der Waals surface area contributed by atoms with Gasteiger partial charge < -0.3 is 5.73 Å². The average Bonchev–Trinajstić information content (AvgIpc) is 2.08. The van der Waals surface area contributed by atoms with Gasteiger partial charge in [-0.2, -0.15) is 0 Å². The summed E-state index contributed by atoms with van der Waals surface area (Å²) >= 11 is 5.58. The number of aromatic nitrogens is 1. The summed E-state index contributed by atoms with van der Waals surface area (Å²) in [5, 5.41) is 0.273. The van der Waals surface area contributed by atoms with Crippen molar-refractivity contribution in [3.63, 3.8) is 0 Å². The fraction of sp³-hybridized carbons (Fsp3) is 0.375. The van der Waals surface area contributed by atoms with Crippen molar-refractivity contribution in [2.75, 3.05) is 0 Å². The van der Waals surface area contributed by atoms with Crippen LogP contribution >= 0.6 is 11.6 Å². The molecule has 0 aliphatic carbocycles. The molecule has 1 aromatic rings. The molecule has 1 atom stereocenters. The van der Waals surface area contributed by atoms with E-state index < -0.39 is 5.82 Å².